The number of carbonyl (C=O) groups is 2. The van der Waals surface area contributed by atoms with Crippen LogP contribution in [0.3, 0.4) is 0 Å². The maximum absolute atomic E-state index is 12.9. The zero-order valence-corrected chi connectivity index (χ0v) is 18.1. The Hall–Kier alpha value is -3.33. The van der Waals surface area contributed by atoms with Crippen LogP contribution in [-0.2, 0) is 16.1 Å². The SMILES string of the molecule is CN1CCN(c2ncccc2CNC(=O)C2CC(=O)N(c3ccc4c(c3)OCO4)C2)CC1. The van der Waals surface area contributed by atoms with E-state index < -0.39 is 5.92 Å². The van der Waals surface area contributed by atoms with E-state index in [9.17, 15) is 9.59 Å². The van der Waals surface area contributed by atoms with Gasteiger partial charge in [-0.05, 0) is 25.2 Å². The van der Waals surface area contributed by atoms with Gasteiger partial charge in [-0.3, -0.25) is 9.59 Å². The van der Waals surface area contributed by atoms with Crippen molar-refractivity contribution in [2.45, 2.75) is 13.0 Å². The van der Waals surface area contributed by atoms with Crippen LogP contribution in [0.1, 0.15) is 12.0 Å². The van der Waals surface area contributed by atoms with Gasteiger partial charge in [0.05, 0.1) is 5.92 Å². The van der Waals surface area contributed by atoms with Crippen LogP contribution in [0.5, 0.6) is 11.5 Å². The fourth-order valence-electron chi connectivity index (χ4n) is 4.38. The third-order valence-electron chi connectivity index (χ3n) is 6.29. The van der Waals surface area contributed by atoms with Crippen LogP contribution >= 0.6 is 0 Å². The van der Waals surface area contributed by atoms with Crippen molar-refractivity contribution in [1.82, 2.24) is 15.2 Å². The summed E-state index contributed by atoms with van der Waals surface area (Å²) in [5.41, 5.74) is 1.71. The molecule has 5 rings (SSSR count). The van der Waals surface area contributed by atoms with E-state index in [1.165, 1.54) is 0 Å². The highest BCUT2D eigenvalue weighted by molar-refractivity contribution is 6.00. The summed E-state index contributed by atoms with van der Waals surface area (Å²) in [6, 6.07) is 9.30. The first-order valence-electron chi connectivity index (χ1n) is 10.9. The Bertz CT molecular complexity index is 1020. The Morgan fingerprint density at radius 1 is 1.16 bits per heavy atom. The van der Waals surface area contributed by atoms with Gasteiger partial charge in [-0.2, -0.15) is 0 Å². The monoisotopic (exact) mass is 437 g/mol. The summed E-state index contributed by atoms with van der Waals surface area (Å²) in [5.74, 6) is 1.64. The minimum absolute atomic E-state index is 0.0662. The van der Waals surface area contributed by atoms with E-state index in [2.05, 4.69) is 27.1 Å². The fourth-order valence-corrected chi connectivity index (χ4v) is 4.38. The second kappa shape index (κ2) is 8.66. The third kappa shape index (κ3) is 4.08. The summed E-state index contributed by atoms with van der Waals surface area (Å²) >= 11 is 0. The van der Waals surface area contributed by atoms with E-state index in [0.29, 0.717) is 24.6 Å². The molecule has 1 unspecified atom stereocenters. The summed E-state index contributed by atoms with van der Waals surface area (Å²) < 4.78 is 10.7. The third-order valence-corrected chi connectivity index (χ3v) is 6.29. The number of pyridine rings is 1. The van der Waals surface area contributed by atoms with Crippen molar-refractivity contribution >= 4 is 23.3 Å². The fraction of sp³-hybridized carbons (Fsp3) is 0.435. The molecule has 1 N–H and O–H groups in total. The lowest BCUT2D eigenvalue weighted by molar-refractivity contribution is -0.126. The van der Waals surface area contributed by atoms with Gasteiger partial charge in [-0.25, -0.2) is 4.98 Å². The van der Waals surface area contributed by atoms with Gasteiger partial charge >= 0.3 is 0 Å². The van der Waals surface area contributed by atoms with Crippen molar-refractivity contribution in [2.24, 2.45) is 5.92 Å². The maximum Gasteiger partial charge on any atom is 0.231 e. The molecule has 0 saturated carbocycles. The highest BCUT2D eigenvalue weighted by Gasteiger charge is 2.35. The van der Waals surface area contributed by atoms with Gasteiger partial charge in [0.15, 0.2) is 11.5 Å². The van der Waals surface area contributed by atoms with Crippen LogP contribution in [0.2, 0.25) is 0 Å². The topological polar surface area (TPSA) is 87.2 Å². The average Bonchev–Trinajstić information content (AvgIpc) is 3.44. The molecule has 168 valence electrons. The number of nitrogens with one attached hydrogen (secondary N) is 1. The number of aromatic nitrogens is 1. The lowest BCUT2D eigenvalue weighted by Gasteiger charge is -2.34. The molecule has 2 fully saturated rings. The second-order valence-corrected chi connectivity index (χ2v) is 8.44. The van der Waals surface area contributed by atoms with Crippen molar-refractivity contribution < 1.29 is 19.1 Å². The Morgan fingerprint density at radius 2 is 1.97 bits per heavy atom. The van der Waals surface area contributed by atoms with Crippen LogP contribution in [0.15, 0.2) is 36.5 Å². The van der Waals surface area contributed by atoms with Gasteiger partial charge in [0.2, 0.25) is 18.6 Å². The van der Waals surface area contributed by atoms with Gasteiger partial charge in [-0.15, -0.1) is 0 Å². The number of hydrogen-bond acceptors (Lipinski definition) is 7. The Morgan fingerprint density at radius 3 is 2.81 bits per heavy atom. The van der Waals surface area contributed by atoms with Crippen LogP contribution in [0, 0.1) is 5.92 Å². The normalized spacial score (nSPS) is 20.7. The van der Waals surface area contributed by atoms with Crippen LogP contribution in [0.25, 0.3) is 0 Å². The summed E-state index contributed by atoms with van der Waals surface area (Å²) in [4.78, 5) is 36.3. The molecule has 2 aromatic rings. The van der Waals surface area contributed by atoms with E-state index in [-0.39, 0.29) is 25.0 Å². The predicted molar refractivity (Wildman–Crippen MR) is 119 cm³/mol. The molecule has 2 saturated heterocycles. The molecular formula is C23H27N5O4. The highest BCUT2D eigenvalue weighted by Crippen LogP contribution is 2.37. The summed E-state index contributed by atoms with van der Waals surface area (Å²) in [7, 11) is 2.12. The number of carbonyl (C=O) groups excluding carboxylic acids is 2. The van der Waals surface area contributed by atoms with E-state index in [4.69, 9.17) is 9.47 Å². The van der Waals surface area contributed by atoms with Crippen LogP contribution < -0.4 is 24.6 Å². The van der Waals surface area contributed by atoms with Gasteiger partial charge in [-0.1, -0.05) is 6.07 Å². The zero-order chi connectivity index (χ0) is 22.1. The van der Waals surface area contributed by atoms with Crippen molar-refractivity contribution in [3.05, 3.63) is 42.1 Å². The van der Waals surface area contributed by atoms with Crippen LogP contribution in [0.4, 0.5) is 11.5 Å². The van der Waals surface area contributed by atoms with E-state index in [0.717, 1.165) is 43.2 Å². The van der Waals surface area contributed by atoms with Gasteiger partial charge in [0.25, 0.3) is 0 Å². The van der Waals surface area contributed by atoms with Crippen molar-refractivity contribution in [3.8, 4) is 11.5 Å². The molecule has 1 aromatic heterocycles. The number of nitrogens with zero attached hydrogens (tertiary/aromatic N) is 4. The Kier molecular flexibility index (Phi) is 5.57. The number of anilines is 2. The zero-order valence-electron chi connectivity index (χ0n) is 18.1. The van der Waals surface area contributed by atoms with Gasteiger partial charge in [0.1, 0.15) is 5.82 Å². The van der Waals surface area contributed by atoms with Crippen LogP contribution in [-0.4, -0.2) is 68.3 Å². The molecule has 32 heavy (non-hydrogen) atoms. The first-order valence-corrected chi connectivity index (χ1v) is 10.9. The van der Waals surface area contributed by atoms with Gasteiger partial charge in [0, 0.05) is 69.2 Å². The first-order chi connectivity index (χ1) is 15.6. The summed E-state index contributed by atoms with van der Waals surface area (Å²) in [5, 5.41) is 3.02. The van der Waals surface area contributed by atoms with Crippen molar-refractivity contribution in [1.29, 1.82) is 0 Å². The molecule has 2 amide bonds. The molecule has 0 spiro atoms. The predicted octanol–water partition coefficient (Wildman–Crippen LogP) is 1.23. The Balaban J connectivity index is 1.22. The summed E-state index contributed by atoms with van der Waals surface area (Å²) in [6.07, 6.45) is 1.98. The average molecular weight is 438 g/mol. The molecule has 0 bridgehead atoms. The lowest BCUT2D eigenvalue weighted by Crippen LogP contribution is -2.45. The molecule has 1 aromatic carbocycles. The smallest absolute Gasteiger partial charge is 0.231 e. The Labute approximate surface area is 186 Å². The molecule has 3 aliphatic heterocycles. The quantitative estimate of drug-likeness (QED) is 0.753. The summed E-state index contributed by atoms with van der Waals surface area (Å²) in [6.45, 7) is 4.73. The minimum atomic E-state index is -0.392. The van der Waals surface area contributed by atoms with Gasteiger partial charge < -0.3 is 29.5 Å². The number of likely N-dealkylation sites (N-methyl/N-ethyl adjacent to an activating group) is 1. The number of piperazine rings is 1. The molecular weight excluding hydrogens is 410 g/mol. The number of amides is 2. The van der Waals surface area contributed by atoms with Crippen molar-refractivity contribution in [2.75, 3.05) is 56.4 Å². The van der Waals surface area contributed by atoms with E-state index >= 15 is 0 Å². The minimum Gasteiger partial charge on any atom is -0.454 e. The molecule has 0 radical (unpaired) electrons. The first kappa shape index (κ1) is 20.6. The molecule has 0 aliphatic carbocycles. The molecule has 4 heterocycles. The highest BCUT2D eigenvalue weighted by atomic mass is 16.7. The standard InChI is InChI=1S/C23H27N5O4/c1-26-7-9-27(10-8-26)22-16(3-2-6-24-22)13-25-23(30)17-11-21(29)28(14-17)18-4-5-19-20(12-18)32-15-31-19/h2-6,12,17H,7-11,13-15H2,1H3,(H,25,30). The number of ether oxygens (including phenoxy) is 2. The molecule has 9 nitrogen and oxygen atoms in total. The molecule has 9 heteroatoms. The largest absolute Gasteiger partial charge is 0.454 e. The molecule has 3 aliphatic rings. The maximum atomic E-state index is 12.9. The lowest BCUT2D eigenvalue weighted by atomic mass is 10.1. The number of hydrogen-bond donors (Lipinski definition) is 1. The number of benzene rings is 1. The van der Waals surface area contributed by atoms with E-state index in [1.807, 2.05) is 18.2 Å². The molecule has 1 atom stereocenters. The number of rotatable bonds is 5. The van der Waals surface area contributed by atoms with E-state index in [1.54, 1.807) is 23.2 Å². The second-order valence-electron chi connectivity index (χ2n) is 8.44. The number of fused-ring (bicyclic) bond motifs is 1. The van der Waals surface area contributed by atoms with Crippen molar-refractivity contribution in [3.63, 3.8) is 0 Å².